The average Bonchev–Trinajstić information content (AvgIpc) is 2.28. The van der Waals surface area contributed by atoms with E-state index in [1.54, 1.807) is 12.1 Å². The van der Waals surface area contributed by atoms with Crippen LogP contribution < -0.4 is 9.46 Å². The Morgan fingerprint density at radius 2 is 2.17 bits per heavy atom. The zero-order chi connectivity index (χ0) is 13.3. The number of fused-ring (bicyclic) bond motifs is 1. The third kappa shape index (κ3) is 2.79. The highest BCUT2D eigenvalue weighted by Crippen LogP contribution is 2.35. The molecule has 0 saturated heterocycles. The van der Waals surface area contributed by atoms with Crippen LogP contribution in [0, 0.1) is 5.82 Å². The summed E-state index contributed by atoms with van der Waals surface area (Å²) in [6.45, 7) is 6.17. The molecule has 0 amide bonds. The molecule has 1 N–H and O–H groups in total. The van der Waals surface area contributed by atoms with E-state index in [4.69, 9.17) is 4.74 Å². The molecule has 5 heteroatoms. The Hall–Kier alpha value is -0.780. The first kappa shape index (κ1) is 13.6. The minimum Gasteiger partial charge on any atom is -0.598 e. The highest BCUT2D eigenvalue weighted by atomic mass is 32.2. The number of halogens is 1. The van der Waals surface area contributed by atoms with Gasteiger partial charge in [0.05, 0.1) is 18.2 Å². The van der Waals surface area contributed by atoms with E-state index in [2.05, 4.69) is 4.72 Å². The fourth-order valence-corrected chi connectivity index (χ4v) is 2.68. The second-order valence-corrected chi connectivity index (χ2v) is 7.34. The van der Waals surface area contributed by atoms with E-state index in [-0.39, 0.29) is 16.6 Å². The predicted molar refractivity (Wildman–Crippen MR) is 70.3 cm³/mol. The van der Waals surface area contributed by atoms with Crippen LogP contribution >= 0.6 is 0 Å². The number of ether oxygens (including phenoxy) is 1. The van der Waals surface area contributed by atoms with Gasteiger partial charge in [-0.25, -0.2) is 4.39 Å². The van der Waals surface area contributed by atoms with E-state index < -0.39 is 11.4 Å². The Morgan fingerprint density at radius 3 is 2.83 bits per heavy atom. The van der Waals surface area contributed by atoms with Crippen LogP contribution in [0.1, 0.15) is 38.8 Å². The van der Waals surface area contributed by atoms with Crippen molar-refractivity contribution < 1.29 is 13.7 Å². The van der Waals surface area contributed by atoms with Crippen molar-refractivity contribution in [3.8, 4) is 5.75 Å². The maximum Gasteiger partial charge on any atom is 0.136 e. The molecule has 0 radical (unpaired) electrons. The number of rotatable bonds is 2. The number of hydrogen-bond donors (Lipinski definition) is 1. The third-order valence-corrected chi connectivity index (χ3v) is 4.44. The van der Waals surface area contributed by atoms with E-state index in [1.807, 2.05) is 20.8 Å². The molecule has 0 unspecified atom stereocenters. The molecule has 0 fully saturated rings. The van der Waals surface area contributed by atoms with Crippen LogP contribution in [0.4, 0.5) is 4.39 Å². The van der Waals surface area contributed by atoms with Crippen molar-refractivity contribution in [1.29, 1.82) is 0 Å². The summed E-state index contributed by atoms with van der Waals surface area (Å²) < 4.78 is 34.0. The Morgan fingerprint density at radius 1 is 1.44 bits per heavy atom. The Kier molecular flexibility index (Phi) is 3.84. The van der Waals surface area contributed by atoms with Crippen molar-refractivity contribution in [3.05, 3.63) is 29.6 Å². The van der Waals surface area contributed by atoms with E-state index in [0.29, 0.717) is 24.3 Å². The minimum atomic E-state index is -1.22. The Balaban J connectivity index is 2.23. The van der Waals surface area contributed by atoms with Gasteiger partial charge in [-0.1, -0.05) is 6.07 Å². The molecule has 0 bridgehead atoms. The van der Waals surface area contributed by atoms with E-state index in [1.165, 1.54) is 6.07 Å². The summed E-state index contributed by atoms with van der Waals surface area (Å²) in [5.41, 5.74) is 0.487. The van der Waals surface area contributed by atoms with Gasteiger partial charge in [0, 0.05) is 17.8 Å². The summed E-state index contributed by atoms with van der Waals surface area (Å²) in [6, 6.07) is 4.51. The molecule has 0 spiro atoms. The monoisotopic (exact) mass is 271 g/mol. The molecular formula is C13H18FNO2S. The van der Waals surface area contributed by atoms with Crippen LogP contribution in [-0.4, -0.2) is 15.9 Å². The zero-order valence-electron chi connectivity index (χ0n) is 10.8. The fraction of sp³-hybridized carbons (Fsp3) is 0.538. The van der Waals surface area contributed by atoms with Gasteiger partial charge < -0.3 is 9.29 Å². The summed E-state index contributed by atoms with van der Waals surface area (Å²) in [4.78, 5) is 0. The topological polar surface area (TPSA) is 44.3 Å². The lowest BCUT2D eigenvalue weighted by Crippen LogP contribution is -2.42. The number of nitrogens with one attached hydrogen (secondary N) is 1. The normalized spacial score (nSPS) is 21.1. The maximum atomic E-state index is 13.8. The van der Waals surface area contributed by atoms with Gasteiger partial charge in [0.25, 0.3) is 0 Å². The van der Waals surface area contributed by atoms with Crippen LogP contribution in [0.5, 0.6) is 5.75 Å². The first-order valence-corrected chi connectivity index (χ1v) is 7.14. The van der Waals surface area contributed by atoms with Crippen molar-refractivity contribution in [2.45, 2.75) is 38.0 Å². The lowest BCUT2D eigenvalue weighted by atomic mass is 10.0. The van der Waals surface area contributed by atoms with Gasteiger partial charge in [0.2, 0.25) is 0 Å². The SMILES string of the molecule is CC(C)(C)[S@+]([O-])N[C@H]1CCOc2cccc(F)c21. The molecule has 0 aromatic heterocycles. The molecule has 0 aliphatic carbocycles. The van der Waals surface area contributed by atoms with Crippen molar-refractivity contribution in [3.63, 3.8) is 0 Å². The smallest absolute Gasteiger partial charge is 0.136 e. The van der Waals surface area contributed by atoms with Gasteiger partial charge in [-0.2, -0.15) is 0 Å². The molecule has 2 atom stereocenters. The molecule has 18 heavy (non-hydrogen) atoms. The zero-order valence-corrected chi connectivity index (χ0v) is 11.6. The van der Waals surface area contributed by atoms with Crippen molar-refractivity contribution >= 4 is 11.4 Å². The molecule has 1 aromatic carbocycles. The van der Waals surface area contributed by atoms with Crippen molar-refractivity contribution in [1.82, 2.24) is 4.72 Å². The van der Waals surface area contributed by atoms with Crippen LogP contribution in [0.25, 0.3) is 0 Å². The maximum absolute atomic E-state index is 13.8. The first-order chi connectivity index (χ1) is 8.39. The predicted octanol–water partition coefficient (Wildman–Crippen LogP) is 2.70. The lowest BCUT2D eigenvalue weighted by Gasteiger charge is -2.31. The second kappa shape index (κ2) is 5.07. The summed E-state index contributed by atoms with van der Waals surface area (Å²) in [7, 11) is 0. The van der Waals surface area contributed by atoms with Gasteiger partial charge in [0.15, 0.2) is 0 Å². The van der Waals surface area contributed by atoms with Crippen molar-refractivity contribution in [2.75, 3.05) is 6.61 Å². The average molecular weight is 271 g/mol. The first-order valence-electron chi connectivity index (χ1n) is 5.99. The molecule has 2 rings (SSSR count). The molecule has 3 nitrogen and oxygen atoms in total. The van der Waals surface area contributed by atoms with Crippen LogP contribution in [0.2, 0.25) is 0 Å². The molecule has 1 aliphatic rings. The molecule has 1 heterocycles. The standard InChI is InChI=1S/C13H18FNO2S/c1-13(2,3)18(16)15-10-7-8-17-11-6-4-5-9(14)12(10)11/h4-6,10,15H,7-8H2,1-3H3/t10-,18-/m0/s1. The Bertz CT molecular complexity index is 433. The minimum absolute atomic E-state index is 0.255. The molecular weight excluding hydrogens is 253 g/mol. The summed E-state index contributed by atoms with van der Waals surface area (Å²) in [6.07, 6.45) is 0.621. The quantitative estimate of drug-likeness (QED) is 0.841. The van der Waals surface area contributed by atoms with Crippen LogP contribution in [-0.2, 0) is 11.4 Å². The van der Waals surface area contributed by atoms with E-state index in [0.717, 1.165) is 0 Å². The van der Waals surface area contributed by atoms with Gasteiger partial charge in [-0.3, -0.25) is 0 Å². The fourth-order valence-electron chi connectivity index (χ4n) is 1.84. The number of hydrogen-bond acceptors (Lipinski definition) is 3. The lowest BCUT2D eigenvalue weighted by molar-refractivity contribution is 0.257. The highest BCUT2D eigenvalue weighted by molar-refractivity contribution is 7.90. The van der Waals surface area contributed by atoms with E-state index in [9.17, 15) is 8.94 Å². The van der Waals surface area contributed by atoms with Gasteiger partial charge in [-0.05, 0) is 32.9 Å². The number of benzene rings is 1. The van der Waals surface area contributed by atoms with E-state index >= 15 is 0 Å². The molecule has 0 saturated carbocycles. The summed E-state index contributed by atoms with van der Waals surface area (Å²) >= 11 is -1.22. The van der Waals surface area contributed by atoms with Crippen LogP contribution in [0.3, 0.4) is 0 Å². The van der Waals surface area contributed by atoms with Gasteiger partial charge in [0.1, 0.15) is 16.3 Å². The third-order valence-electron chi connectivity index (χ3n) is 2.83. The largest absolute Gasteiger partial charge is 0.598 e. The Labute approximate surface area is 110 Å². The summed E-state index contributed by atoms with van der Waals surface area (Å²) in [5, 5.41) is 0. The molecule has 100 valence electrons. The molecule has 1 aromatic rings. The van der Waals surface area contributed by atoms with Gasteiger partial charge >= 0.3 is 0 Å². The van der Waals surface area contributed by atoms with Gasteiger partial charge in [-0.15, -0.1) is 4.72 Å². The highest BCUT2D eigenvalue weighted by Gasteiger charge is 2.33. The molecule has 1 aliphatic heterocycles. The summed E-state index contributed by atoms with van der Waals surface area (Å²) in [5.74, 6) is 0.236. The van der Waals surface area contributed by atoms with Crippen LogP contribution in [0.15, 0.2) is 18.2 Å². The second-order valence-electron chi connectivity index (χ2n) is 5.34. The van der Waals surface area contributed by atoms with Crippen molar-refractivity contribution in [2.24, 2.45) is 0 Å².